The first kappa shape index (κ1) is 19.9. The van der Waals surface area contributed by atoms with E-state index in [2.05, 4.69) is 20.3 Å². The zero-order valence-electron chi connectivity index (χ0n) is 16.5. The van der Waals surface area contributed by atoms with Crippen LogP contribution >= 0.6 is 11.6 Å². The van der Waals surface area contributed by atoms with E-state index in [1.54, 1.807) is 13.2 Å². The second kappa shape index (κ2) is 8.89. The molecule has 6 nitrogen and oxygen atoms in total. The molecule has 0 aliphatic heterocycles. The van der Waals surface area contributed by atoms with Gasteiger partial charge in [0, 0.05) is 48.8 Å². The molecule has 0 spiro atoms. The van der Waals surface area contributed by atoms with Gasteiger partial charge in [0.2, 0.25) is 5.95 Å². The molecular formula is C21H24ClN5O. The van der Waals surface area contributed by atoms with Crippen molar-refractivity contribution >= 4 is 29.1 Å². The molecule has 0 amide bonds. The van der Waals surface area contributed by atoms with Crippen LogP contribution in [0.2, 0.25) is 5.02 Å². The first-order chi connectivity index (χ1) is 13.5. The lowest BCUT2D eigenvalue weighted by molar-refractivity contribution is 0.416. The smallest absolute Gasteiger partial charge is 0.227 e. The Morgan fingerprint density at radius 2 is 1.86 bits per heavy atom. The van der Waals surface area contributed by atoms with Crippen molar-refractivity contribution < 1.29 is 4.74 Å². The van der Waals surface area contributed by atoms with Gasteiger partial charge in [0.25, 0.3) is 0 Å². The maximum atomic E-state index is 6.20. The van der Waals surface area contributed by atoms with Crippen molar-refractivity contribution in [2.75, 3.05) is 30.9 Å². The molecule has 2 aromatic heterocycles. The molecule has 1 aromatic carbocycles. The number of hydrogen-bond donors (Lipinski definition) is 1. The first-order valence-electron chi connectivity index (χ1n) is 9.03. The summed E-state index contributed by atoms with van der Waals surface area (Å²) >= 11 is 6.20. The van der Waals surface area contributed by atoms with Gasteiger partial charge in [-0.2, -0.15) is 4.98 Å². The fourth-order valence-electron chi connectivity index (χ4n) is 2.80. The summed E-state index contributed by atoms with van der Waals surface area (Å²) in [5.41, 5.74) is 3.89. The Kier molecular flexibility index (Phi) is 6.31. The molecule has 0 bridgehead atoms. The van der Waals surface area contributed by atoms with E-state index < -0.39 is 0 Å². The number of pyridine rings is 1. The van der Waals surface area contributed by atoms with Crippen LogP contribution in [0.4, 0.5) is 17.5 Å². The number of likely N-dealkylation sites (N-methyl/N-ethyl adjacent to an activating group) is 1. The van der Waals surface area contributed by atoms with Crippen LogP contribution in [-0.4, -0.2) is 35.7 Å². The van der Waals surface area contributed by atoms with E-state index in [1.807, 2.05) is 62.5 Å². The summed E-state index contributed by atoms with van der Waals surface area (Å²) < 4.78 is 5.44. The third-order valence-electron chi connectivity index (χ3n) is 4.41. The summed E-state index contributed by atoms with van der Waals surface area (Å²) in [6.45, 7) is 4.71. The molecule has 3 aromatic rings. The van der Waals surface area contributed by atoms with E-state index >= 15 is 0 Å². The molecule has 146 valence electrons. The average Bonchev–Trinajstić information content (AvgIpc) is 2.69. The predicted octanol–water partition coefficient (Wildman–Crippen LogP) is 4.57. The second-order valence-electron chi connectivity index (χ2n) is 6.65. The van der Waals surface area contributed by atoms with E-state index in [9.17, 15) is 0 Å². The Morgan fingerprint density at radius 3 is 2.57 bits per heavy atom. The Bertz CT molecular complexity index is 949. The van der Waals surface area contributed by atoms with Crippen LogP contribution in [0, 0.1) is 13.8 Å². The van der Waals surface area contributed by atoms with Gasteiger partial charge in [-0.3, -0.25) is 4.98 Å². The van der Waals surface area contributed by atoms with E-state index in [0.717, 1.165) is 29.9 Å². The number of hydrogen-bond acceptors (Lipinski definition) is 6. The number of nitrogens with zero attached hydrogens (tertiary/aromatic N) is 4. The van der Waals surface area contributed by atoms with Gasteiger partial charge in [0.15, 0.2) is 0 Å². The van der Waals surface area contributed by atoms with Crippen molar-refractivity contribution in [3.05, 3.63) is 64.6 Å². The Balaban J connectivity index is 1.79. The molecule has 0 aliphatic carbocycles. The van der Waals surface area contributed by atoms with Gasteiger partial charge in [-0.15, -0.1) is 0 Å². The van der Waals surface area contributed by atoms with Crippen LogP contribution < -0.4 is 15.0 Å². The summed E-state index contributed by atoms with van der Waals surface area (Å²) in [6.07, 6.45) is 4.51. The summed E-state index contributed by atoms with van der Waals surface area (Å²) in [7, 11) is 3.61. The molecule has 28 heavy (non-hydrogen) atoms. The topological polar surface area (TPSA) is 63.2 Å². The summed E-state index contributed by atoms with van der Waals surface area (Å²) in [6, 6.07) is 9.70. The van der Waals surface area contributed by atoms with E-state index in [4.69, 9.17) is 16.3 Å². The van der Waals surface area contributed by atoms with Gasteiger partial charge in [-0.25, -0.2) is 4.98 Å². The minimum Gasteiger partial charge on any atom is -0.495 e. The Hall–Kier alpha value is -2.86. The highest BCUT2D eigenvalue weighted by Crippen LogP contribution is 2.33. The monoisotopic (exact) mass is 397 g/mol. The zero-order chi connectivity index (χ0) is 20.1. The Morgan fingerprint density at radius 1 is 1.11 bits per heavy atom. The number of benzene rings is 1. The molecule has 0 atom stereocenters. The molecule has 0 saturated carbocycles. The SMILES string of the molecule is COc1cc(Cl)c(C)cc1Nc1cc(C)nc(N(C)CCc2ccncc2)n1. The molecule has 7 heteroatoms. The molecular weight excluding hydrogens is 374 g/mol. The molecule has 0 fully saturated rings. The van der Waals surface area contributed by atoms with E-state index in [0.29, 0.717) is 22.5 Å². The predicted molar refractivity (Wildman–Crippen MR) is 114 cm³/mol. The maximum Gasteiger partial charge on any atom is 0.227 e. The number of anilines is 3. The molecule has 0 saturated heterocycles. The minimum atomic E-state index is 0.665. The number of nitrogens with one attached hydrogen (secondary N) is 1. The number of methoxy groups -OCH3 is 1. The van der Waals surface area contributed by atoms with Crippen molar-refractivity contribution in [3.8, 4) is 5.75 Å². The first-order valence-corrected chi connectivity index (χ1v) is 9.41. The molecule has 2 heterocycles. The third-order valence-corrected chi connectivity index (χ3v) is 4.82. The molecule has 1 N–H and O–H groups in total. The number of aryl methyl sites for hydroxylation is 2. The van der Waals surface area contributed by atoms with Crippen LogP contribution in [0.3, 0.4) is 0 Å². The largest absolute Gasteiger partial charge is 0.495 e. The standard InChI is InChI=1S/C21H24ClN5O/c1-14-11-18(19(28-4)13-17(14)22)25-20-12-15(2)24-21(26-20)27(3)10-7-16-5-8-23-9-6-16/h5-6,8-9,11-13H,7,10H2,1-4H3,(H,24,25,26). The van der Waals surface area contributed by atoms with Gasteiger partial charge in [-0.1, -0.05) is 11.6 Å². The third kappa shape index (κ3) is 4.89. The second-order valence-corrected chi connectivity index (χ2v) is 7.06. The molecule has 0 unspecified atom stereocenters. The van der Waals surface area contributed by atoms with Gasteiger partial charge in [-0.05, 0) is 49.6 Å². The van der Waals surface area contributed by atoms with Crippen LogP contribution in [0.1, 0.15) is 16.8 Å². The lowest BCUT2D eigenvalue weighted by Gasteiger charge is -2.19. The number of ether oxygens (including phenoxy) is 1. The van der Waals surface area contributed by atoms with Crippen LogP contribution in [0.15, 0.2) is 42.7 Å². The number of rotatable bonds is 7. The van der Waals surface area contributed by atoms with Crippen molar-refractivity contribution in [3.63, 3.8) is 0 Å². The number of halogens is 1. The normalized spacial score (nSPS) is 10.6. The Labute approximate surface area is 170 Å². The average molecular weight is 398 g/mol. The fourth-order valence-corrected chi connectivity index (χ4v) is 2.96. The van der Waals surface area contributed by atoms with E-state index in [-0.39, 0.29) is 0 Å². The van der Waals surface area contributed by atoms with Crippen molar-refractivity contribution in [1.29, 1.82) is 0 Å². The molecule has 0 radical (unpaired) electrons. The summed E-state index contributed by atoms with van der Waals surface area (Å²) in [5, 5.41) is 4.00. The quantitative estimate of drug-likeness (QED) is 0.629. The lowest BCUT2D eigenvalue weighted by Crippen LogP contribution is -2.23. The van der Waals surface area contributed by atoms with Crippen molar-refractivity contribution in [2.45, 2.75) is 20.3 Å². The van der Waals surface area contributed by atoms with Crippen LogP contribution in [-0.2, 0) is 6.42 Å². The summed E-state index contributed by atoms with van der Waals surface area (Å²) in [5.74, 6) is 2.04. The van der Waals surface area contributed by atoms with Gasteiger partial charge >= 0.3 is 0 Å². The number of aromatic nitrogens is 3. The van der Waals surface area contributed by atoms with Gasteiger partial charge < -0.3 is 15.0 Å². The van der Waals surface area contributed by atoms with E-state index in [1.165, 1.54) is 5.56 Å². The summed E-state index contributed by atoms with van der Waals surface area (Å²) in [4.78, 5) is 15.3. The zero-order valence-corrected chi connectivity index (χ0v) is 17.3. The van der Waals surface area contributed by atoms with Crippen LogP contribution in [0.5, 0.6) is 5.75 Å². The van der Waals surface area contributed by atoms with Gasteiger partial charge in [0.1, 0.15) is 11.6 Å². The minimum absolute atomic E-state index is 0.665. The molecule has 0 aliphatic rings. The highest BCUT2D eigenvalue weighted by Gasteiger charge is 2.11. The van der Waals surface area contributed by atoms with Gasteiger partial charge in [0.05, 0.1) is 12.8 Å². The highest BCUT2D eigenvalue weighted by atomic mass is 35.5. The molecule has 3 rings (SSSR count). The maximum absolute atomic E-state index is 6.20. The highest BCUT2D eigenvalue weighted by molar-refractivity contribution is 6.31. The van der Waals surface area contributed by atoms with Crippen LogP contribution in [0.25, 0.3) is 0 Å². The van der Waals surface area contributed by atoms with Crippen molar-refractivity contribution in [2.24, 2.45) is 0 Å². The fraction of sp³-hybridized carbons (Fsp3) is 0.286. The lowest BCUT2D eigenvalue weighted by atomic mass is 10.2. The van der Waals surface area contributed by atoms with Crippen molar-refractivity contribution in [1.82, 2.24) is 15.0 Å².